The Morgan fingerprint density at radius 2 is 1.94 bits per heavy atom. The van der Waals surface area contributed by atoms with Crippen molar-refractivity contribution in [3.63, 3.8) is 0 Å². The van der Waals surface area contributed by atoms with Crippen LogP contribution in [0.4, 0.5) is 0 Å². The van der Waals surface area contributed by atoms with E-state index in [1.165, 1.54) is 12.8 Å². The molecule has 0 fully saturated rings. The lowest BCUT2D eigenvalue weighted by atomic mass is 9.97. The zero-order chi connectivity index (χ0) is 12.6. The highest BCUT2D eigenvalue weighted by molar-refractivity contribution is 5.66. The Balaban J connectivity index is 3.90. The van der Waals surface area contributed by atoms with E-state index in [9.17, 15) is 4.79 Å². The van der Waals surface area contributed by atoms with Gasteiger partial charge >= 0.3 is 5.97 Å². The third-order valence-electron chi connectivity index (χ3n) is 3.37. The molecule has 0 spiro atoms. The number of aliphatic carboxylic acids is 1. The number of carboxylic acid groups (broad SMARTS) is 1. The molecule has 3 heteroatoms. The van der Waals surface area contributed by atoms with Gasteiger partial charge in [-0.15, -0.1) is 0 Å². The number of carbonyl (C=O) groups is 1. The van der Waals surface area contributed by atoms with Gasteiger partial charge in [-0.05, 0) is 38.8 Å². The quantitative estimate of drug-likeness (QED) is 0.660. The minimum Gasteiger partial charge on any atom is -0.481 e. The summed E-state index contributed by atoms with van der Waals surface area (Å²) < 4.78 is 0. The maximum absolute atomic E-state index is 10.4. The summed E-state index contributed by atoms with van der Waals surface area (Å²) in [6.07, 6.45) is 4.62. The molecule has 0 saturated carbocycles. The number of hydrogen-bond donors (Lipinski definition) is 1. The highest BCUT2D eigenvalue weighted by Gasteiger charge is 2.15. The summed E-state index contributed by atoms with van der Waals surface area (Å²) in [6, 6.07) is 0.601. The first-order valence-corrected chi connectivity index (χ1v) is 6.43. The summed E-state index contributed by atoms with van der Waals surface area (Å²) in [7, 11) is 2.11. The van der Waals surface area contributed by atoms with E-state index in [2.05, 4.69) is 32.7 Å². The first kappa shape index (κ1) is 15.4. The van der Waals surface area contributed by atoms with Gasteiger partial charge in [-0.3, -0.25) is 4.79 Å². The first-order valence-electron chi connectivity index (χ1n) is 6.43. The van der Waals surface area contributed by atoms with E-state index in [0.29, 0.717) is 6.04 Å². The van der Waals surface area contributed by atoms with Crippen LogP contribution in [0.3, 0.4) is 0 Å². The van der Waals surface area contributed by atoms with E-state index in [-0.39, 0.29) is 6.42 Å². The van der Waals surface area contributed by atoms with Crippen molar-refractivity contribution in [1.82, 2.24) is 4.90 Å². The molecule has 0 heterocycles. The van der Waals surface area contributed by atoms with Gasteiger partial charge in [0.2, 0.25) is 0 Å². The summed E-state index contributed by atoms with van der Waals surface area (Å²) in [5.41, 5.74) is 0. The van der Waals surface area contributed by atoms with Crippen LogP contribution in [0.2, 0.25) is 0 Å². The van der Waals surface area contributed by atoms with Crippen LogP contribution in [0, 0.1) is 5.92 Å². The second-order valence-electron chi connectivity index (χ2n) is 4.79. The Morgan fingerprint density at radius 3 is 2.38 bits per heavy atom. The fraction of sp³-hybridized carbons (Fsp3) is 0.923. The van der Waals surface area contributed by atoms with Crippen molar-refractivity contribution in [1.29, 1.82) is 0 Å². The molecule has 0 radical (unpaired) electrons. The molecule has 3 nitrogen and oxygen atoms in total. The van der Waals surface area contributed by atoms with E-state index < -0.39 is 5.97 Å². The predicted molar refractivity (Wildman–Crippen MR) is 67.7 cm³/mol. The number of carboxylic acids is 1. The van der Waals surface area contributed by atoms with Crippen molar-refractivity contribution in [2.24, 2.45) is 5.92 Å². The van der Waals surface area contributed by atoms with Crippen LogP contribution >= 0.6 is 0 Å². The minimum absolute atomic E-state index is 0.282. The molecule has 2 atom stereocenters. The summed E-state index contributed by atoms with van der Waals surface area (Å²) in [5, 5.41) is 8.59. The maximum atomic E-state index is 10.4. The molecule has 2 unspecified atom stereocenters. The Bertz CT molecular complexity index is 194. The van der Waals surface area contributed by atoms with Gasteiger partial charge < -0.3 is 10.0 Å². The van der Waals surface area contributed by atoms with Gasteiger partial charge in [0, 0.05) is 12.5 Å². The van der Waals surface area contributed by atoms with Crippen LogP contribution in [0.15, 0.2) is 0 Å². The molecule has 0 aliphatic heterocycles. The van der Waals surface area contributed by atoms with Crippen molar-refractivity contribution in [2.75, 3.05) is 13.6 Å². The van der Waals surface area contributed by atoms with Gasteiger partial charge in [0.25, 0.3) is 0 Å². The standard InChI is InChI=1S/C13H27NO2/c1-5-11(3)10-12(6-2)14(4)9-7-8-13(15)16/h11-12H,5-10H2,1-4H3,(H,15,16). The lowest BCUT2D eigenvalue weighted by molar-refractivity contribution is -0.137. The third-order valence-corrected chi connectivity index (χ3v) is 3.37. The average molecular weight is 229 g/mol. The second kappa shape index (κ2) is 8.57. The Morgan fingerprint density at radius 1 is 1.31 bits per heavy atom. The zero-order valence-corrected chi connectivity index (χ0v) is 11.2. The van der Waals surface area contributed by atoms with Crippen molar-refractivity contribution in [3.05, 3.63) is 0 Å². The fourth-order valence-electron chi connectivity index (χ4n) is 1.95. The topological polar surface area (TPSA) is 40.5 Å². The average Bonchev–Trinajstić information content (AvgIpc) is 2.24. The molecule has 0 aromatic carbocycles. The summed E-state index contributed by atoms with van der Waals surface area (Å²) in [6.45, 7) is 7.61. The summed E-state index contributed by atoms with van der Waals surface area (Å²) >= 11 is 0. The largest absolute Gasteiger partial charge is 0.481 e. The smallest absolute Gasteiger partial charge is 0.303 e. The monoisotopic (exact) mass is 229 g/mol. The van der Waals surface area contributed by atoms with Crippen molar-refractivity contribution in [3.8, 4) is 0 Å². The molecule has 16 heavy (non-hydrogen) atoms. The van der Waals surface area contributed by atoms with E-state index in [0.717, 1.165) is 25.3 Å². The molecule has 0 aromatic rings. The number of nitrogens with zero attached hydrogens (tertiary/aromatic N) is 1. The van der Waals surface area contributed by atoms with Gasteiger partial charge in [0.05, 0.1) is 0 Å². The van der Waals surface area contributed by atoms with Crippen molar-refractivity contribution in [2.45, 2.75) is 58.9 Å². The van der Waals surface area contributed by atoms with Gasteiger partial charge in [-0.2, -0.15) is 0 Å². The van der Waals surface area contributed by atoms with E-state index in [1.807, 2.05) is 0 Å². The normalized spacial score (nSPS) is 15.1. The van der Waals surface area contributed by atoms with E-state index in [1.54, 1.807) is 0 Å². The molecule has 0 aliphatic carbocycles. The highest BCUT2D eigenvalue weighted by atomic mass is 16.4. The SMILES string of the molecule is CCC(C)CC(CC)N(C)CCCC(=O)O. The second-order valence-corrected chi connectivity index (χ2v) is 4.79. The third kappa shape index (κ3) is 6.83. The fourth-order valence-corrected chi connectivity index (χ4v) is 1.95. The maximum Gasteiger partial charge on any atom is 0.303 e. The molecule has 96 valence electrons. The lowest BCUT2D eigenvalue weighted by Gasteiger charge is -2.29. The van der Waals surface area contributed by atoms with Crippen LogP contribution in [-0.4, -0.2) is 35.6 Å². The summed E-state index contributed by atoms with van der Waals surface area (Å²) in [5.74, 6) is 0.0650. The van der Waals surface area contributed by atoms with Gasteiger partial charge in [-0.1, -0.05) is 27.2 Å². The molecular formula is C13H27NO2. The first-order chi connectivity index (χ1) is 7.51. The molecule has 0 bridgehead atoms. The van der Waals surface area contributed by atoms with E-state index >= 15 is 0 Å². The Labute approximate surface area is 99.8 Å². The molecule has 1 N–H and O–H groups in total. The summed E-state index contributed by atoms with van der Waals surface area (Å²) in [4.78, 5) is 12.7. The Hall–Kier alpha value is -0.570. The van der Waals surface area contributed by atoms with Crippen LogP contribution in [-0.2, 0) is 4.79 Å². The predicted octanol–water partition coefficient (Wildman–Crippen LogP) is 3.00. The molecule has 0 amide bonds. The minimum atomic E-state index is -0.691. The Kier molecular flexibility index (Phi) is 8.26. The lowest BCUT2D eigenvalue weighted by Crippen LogP contribution is -2.33. The van der Waals surface area contributed by atoms with Crippen LogP contribution < -0.4 is 0 Å². The van der Waals surface area contributed by atoms with Crippen molar-refractivity contribution >= 4 is 5.97 Å². The van der Waals surface area contributed by atoms with Gasteiger partial charge in [0.15, 0.2) is 0 Å². The zero-order valence-electron chi connectivity index (χ0n) is 11.2. The van der Waals surface area contributed by atoms with Gasteiger partial charge in [0.1, 0.15) is 0 Å². The number of hydrogen-bond acceptors (Lipinski definition) is 2. The molecule has 0 aromatic heterocycles. The van der Waals surface area contributed by atoms with E-state index in [4.69, 9.17) is 5.11 Å². The molecule has 0 rings (SSSR count). The van der Waals surface area contributed by atoms with Crippen LogP contribution in [0.25, 0.3) is 0 Å². The highest BCUT2D eigenvalue weighted by Crippen LogP contribution is 2.16. The van der Waals surface area contributed by atoms with Crippen LogP contribution in [0.1, 0.15) is 52.9 Å². The van der Waals surface area contributed by atoms with Gasteiger partial charge in [-0.25, -0.2) is 0 Å². The van der Waals surface area contributed by atoms with Crippen LogP contribution in [0.5, 0.6) is 0 Å². The molecular weight excluding hydrogens is 202 g/mol. The molecule has 0 aliphatic rings. The molecule has 0 saturated heterocycles. The number of rotatable bonds is 9. The van der Waals surface area contributed by atoms with Crippen molar-refractivity contribution < 1.29 is 9.90 Å².